The molecule has 0 aromatic heterocycles. The average molecular weight is 191 g/mol. The van der Waals surface area contributed by atoms with Gasteiger partial charge in [0.1, 0.15) is 0 Å². The van der Waals surface area contributed by atoms with Crippen LogP contribution in [0.15, 0.2) is 28.9 Å². The molecule has 0 aliphatic heterocycles. The van der Waals surface area contributed by atoms with Gasteiger partial charge >= 0.3 is 0 Å². The van der Waals surface area contributed by atoms with Crippen molar-refractivity contribution in [1.29, 1.82) is 0 Å². The summed E-state index contributed by atoms with van der Waals surface area (Å²) in [5.74, 6) is 0.166. The van der Waals surface area contributed by atoms with Crippen molar-refractivity contribution in [2.45, 2.75) is 33.6 Å². The normalized spacial score (nSPS) is 21.8. The Morgan fingerprint density at radius 1 is 1.50 bits per heavy atom. The molecule has 0 heterocycles. The molecule has 1 aliphatic carbocycles. The Labute approximate surface area is 85.4 Å². The molecule has 0 aromatic carbocycles. The third kappa shape index (κ3) is 1.84. The zero-order valence-electron chi connectivity index (χ0n) is 9.13. The van der Waals surface area contributed by atoms with Gasteiger partial charge in [-0.05, 0) is 19.8 Å². The highest BCUT2D eigenvalue weighted by Gasteiger charge is 2.34. The van der Waals surface area contributed by atoms with Gasteiger partial charge in [0.15, 0.2) is 5.78 Å². The molecule has 0 saturated carbocycles. The lowest BCUT2D eigenvalue weighted by Crippen LogP contribution is -2.29. The fourth-order valence-corrected chi connectivity index (χ4v) is 1.68. The van der Waals surface area contributed by atoms with E-state index in [4.69, 9.17) is 0 Å². The van der Waals surface area contributed by atoms with E-state index in [1.807, 2.05) is 20.8 Å². The minimum atomic E-state index is -0.254. The van der Waals surface area contributed by atoms with E-state index in [1.165, 1.54) is 0 Å². The Balaban J connectivity index is 3.16. The predicted molar refractivity (Wildman–Crippen MR) is 59.4 cm³/mol. The van der Waals surface area contributed by atoms with Crippen molar-refractivity contribution >= 4 is 12.0 Å². The summed E-state index contributed by atoms with van der Waals surface area (Å²) < 4.78 is 0. The molecule has 0 bridgehead atoms. The fraction of sp³-hybridized carbons (Fsp3) is 0.500. The molecule has 2 heteroatoms. The minimum absolute atomic E-state index is 0.166. The van der Waals surface area contributed by atoms with Gasteiger partial charge in [-0.2, -0.15) is 0 Å². The first-order valence-electron chi connectivity index (χ1n) is 4.92. The number of allylic oxidation sites excluding steroid dienone is 3. The molecule has 0 fully saturated rings. The predicted octanol–water partition coefficient (Wildman–Crippen LogP) is 2.91. The van der Waals surface area contributed by atoms with Crippen LogP contribution < -0.4 is 0 Å². The molecule has 0 atom stereocenters. The van der Waals surface area contributed by atoms with Crippen molar-refractivity contribution in [3.63, 3.8) is 0 Å². The molecule has 0 amide bonds. The number of ketones is 1. The van der Waals surface area contributed by atoms with Crippen LogP contribution in [0.1, 0.15) is 33.6 Å². The van der Waals surface area contributed by atoms with Gasteiger partial charge in [0.05, 0.1) is 5.70 Å². The van der Waals surface area contributed by atoms with Crippen molar-refractivity contribution in [2.75, 3.05) is 0 Å². The number of hydrogen-bond donors (Lipinski definition) is 0. The second-order valence-corrected chi connectivity index (χ2v) is 4.16. The molecule has 0 spiro atoms. The first-order chi connectivity index (χ1) is 6.53. The molecule has 0 radical (unpaired) electrons. The highest BCUT2D eigenvalue weighted by Crippen LogP contribution is 2.36. The number of rotatable bonds is 2. The lowest BCUT2D eigenvalue weighted by atomic mass is 9.75. The van der Waals surface area contributed by atoms with Gasteiger partial charge in [-0.1, -0.05) is 26.5 Å². The lowest BCUT2D eigenvalue weighted by molar-refractivity contribution is -0.123. The summed E-state index contributed by atoms with van der Waals surface area (Å²) in [7, 11) is 0. The van der Waals surface area contributed by atoms with E-state index < -0.39 is 0 Å². The van der Waals surface area contributed by atoms with Gasteiger partial charge in [0, 0.05) is 17.2 Å². The van der Waals surface area contributed by atoms with E-state index in [9.17, 15) is 4.79 Å². The largest absolute Gasteiger partial charge is 0.294 e. The zero-order chi connectivity index (χ0) is 10.8. The Hall–Kier alpha value is -1.18. The molecular formula is C12H17NO. The van der Waals surface area contributed by atoms with Crippen LogP contribution >= 0.6 is 0 Å². The molecule has 0 N–H and O–H groups in total. The van der Waals surface area contributed by atoms with Crippen molar-refractivity contribution in [3.8, 4) is 0 Å². The Morgan fingerprint density at radius 2 is 2.14 bits per heavy atom. The van der Waals surface area contributed by atoms with Crippen LogP contribution in [-0.2, 0) is 4.79 Å². The second kappa shape index (κ2) is 3.91. The quantitative estimate of drug-likeness (QED) is 0.617. The molecule has 0 saturated heterocycles. The van der Waals surface area contributed by atoms with Crippen LogP contribution in [0.3, 0.4) is 0 Å². The first-order valence-corrected chi connectivity index (χ1v) is 4.92. The van der Waals surface area contributed by atoms with Crippen LogP contribution in [0.5, 0.6) is 0 Å². The van der Waals surface area contributed by atoms with E-state index in [0.29, 0.717) is 5.57 Å². The van der Waals surface area contributed by atoms with Crippen LogP contribution in [-0.4, -0.2) is 12.0 Å². The Bertz CT molecular complexity index is 321. The summed E-state index contributed by atoms with van der Waals surface area (Å²) in [6, 6.07) is 0. The smallest absolute Gasteiger partial charge is 0.170 e. The molecule has 76 valence electrons. The summed E-state index contributed by atoms with van der Waals surface area (Å²) >= 11 is 0. The van der Waals surface area contributed by atoms with E-state index in [0.717, 1.165) is 18.5 Å². The van der Waals surface area contributed by atoms with E-state index in [2.05, 4.69) is 11.6 Å². The second-order valence-electron chi connectivity index (χ2n) is 4.16. The standard InChI is InChI=1S/C12H17NO/c1-5-9-10(13-6-2)7-8-12(3,4)11(9)14/h5-6H,1,7-8H2,2-4H3/b13-6-. The SMILES string of the molecule is C=CC1=C(/N=C\C)CCC(C)(C)C1=O. The number of Topliss-reactive ketones (excluding diaryl/α,β-unsaturated/α-hetero) is 1. The topological polar surface area (TPSA) is 29.4 Å². The highest BCUT2D eigenvalue weighted by atomic mass is 16.1. The molecule has 2 nitrogen and oxygen atoms in total. The van der Waals surface area contributed by atoms with Gasteiger partial charge in [0.2, 0.25) is 0 Å². The van der Waals surface area contributed by atoms with Gasteiger partial charge in [-0.25, -0.2) is 0 Å². The molecule has 14 heavy (non-hydrogen) atoms. The van der Waals surface area contributed by atoms with Crippen molar-refractivity contribution in [3.05, 3.63) is 23.9 Å². The Morgan fingerprint density at radius 3 is 2.64 bits per heavy atom. The number of aliphatic imine (C=N–C) groups is 1. The molecular weight excluding hydrogens is 174 g/mol. The van der Waals surface area contributed by atoms with Crippen LogP contribution in [0.4, 0.5) is 0 Å². The summed E-state index contributed by atoms with van der Waals surface area (Å²) in [6.45, 7) is 9.49. The third-order valence-corrected chi connectivity index (χ3v) is 2.65. The monoisotopic (exact) mass is 191 g/mol. The highest BCUT2D eigenvalue weighted by molar-refractivity contribution is 6.03. The average Bonchev–Trinajstić information content (AvgIpc) is 2.13. The lowest BCUT2D eigenvalue weighted by Gasteiger charge is -2.29. The minimum Gasteiger partial charge on any atom is -0.294 e. The number of carbonyl (C=O) groups is 1. The maximum absolute atomic E-state index is 12.0. The van der Waals surface area contributed by atoms with Gasteiger partial charge in [-0.3, -0.25) is 9.79 Å². The van der Waals surface area contributed by atoms with E-state index in [1.54, 1.807) is 12.3 Å². The molecule has 0 aromatic rings. The maximum atomic E-state index is 12.0. The van der Waals surface area contributed by atoms with Crippen LogP contribution in [0.2, 0.25) is 0 Å². The van der Waals surface area contributed by atoms with Crippen molar-refractivity contribution < 1.29 is 4.79 Å². The maximum Gasteiger partial charge on any atom is 0.170 e. The van der Waals surface area contributed by atoms with E-state index in [-0.39, 0.29) is 11.2 Å². The molecule has 1 rings (SSSR count). The zero-order valence-corrected chi connectivity index (χ0v) is 9.13. The molecule has 1 aliphatic rings. The number of nitrogens with zero attached hydrogens (tertiary/aromatic N) is 1. The van der Waals surface area contributed by atoms with E-state index >= 15 is 0 Å². The summed E-state index contributed by atoms with van der Waals surface area (Å²) in [5, 5.41) is 0. The third-order valence-electron chi connectivity index (χ3n) is 2.65. The van der Waals surface area contributed by atoms with Crippen molar-refractivity contribution in [2.24, 2.45) is 10.4 Å². The van der Waals surface area contributed by atoms with Gasteiger partial charge in [0.25, 0.3) is 0 Å². The van der Waals surface area contributed by atoms with Gasteiger partial charge < -0.3 is 0 Å². The number of hydrogen-bond acceptors (Lipinski definition) is 2. The fourth-order valence-electron chi connectivity index (χ4n) is 1.68. The van der Waals surface area contributed by atoms with Crippen LogP contribution in [0, 0.1) is 5.41 Å². The summed E-state index contributed by atoms with van der Waals surface area (Å²) in [5.41, 5.74) is 1.32. The molecule has 0 unspecified atom stereocenters. The number of carbonyl (C=O) groups excluding carboxylic acids is 1. The van der Waals surface area contributed by atoms with Crippen LogP contribution in [0.25, 0.3) is 0 Å². The summed E-state index contributed by atoms with van der Waals surface area (Å²) in [6.07, 6.45) is 5.09. The Kier molecular flexibility index (Phi) is 3.04. The van der Waals surface area contributed by atoms with Crippen molar-refractivity contribution in [1.82, 2.24) is 0 Å². The first kappa shape index (κ1) is 10.9. The summed E-state index contributed by atoms with van der Waals surface area (Å²) in [4.78, 5) is 16.2. The van der Waals surface area contributed by atoms with Gasteiger partial charge in [-0.15, -0.1) is 0 Å².